The molecule has 0 spiro atoms. The molecule has 1 aromatic heterocycles. The van der Waals surface area contributed by atoms with Crippen LogP contribution < -0.4 is 11.5 Å². The van der Waals surface area contributed by atoms with E-state index >= 15 is 0 Å². The molecule has 1 atom stereocenters. The third-order valence-electron chi connectivity index (χ3n) is 4.61. The Kier molecular flexibility index (Phi) is 5.00. The van der Waals surface area contributed by atoms with E-state index in [1.54, 1.807) is 6.20 Å². The van der Waals surface area contributed by atoms with E-state index in [1.165, 1.54) is 12.8 Å². The molecule has 20 heavy (non-hydrogen) atoms. The van der Waals surface area contributed by atoms with E-state index in [2.05, 4.69) is 11.9 Å². The van der Waals surface area contributed by atoms with Gasteiger partial charge in [0.05, 0.1) is 5.60 Å². The van der Waals surface area contributed by atoms with E-state index in [9.17, 15) is 0 Å². The number of nitrogen functional groups attached to an aromatic ring is 1. The maximum atomic E-state index is 6.51. The average molecular weight is 277 g/mol. The molecule has 4 nitrogen and oxygen atoms in total. The number of ether oxygens (including phenoxy) is 1. The predicted molar refractivity (Wildman–Crippen MR) is 82.3 cm³/mol. The second kappa shape index (κ2) is 6.55. The second-order valence-corrected chi connectivity index (χ2v) is 6.07. The SMILES string of the molecule is CCOC1(C(N)Cc2cnccc2N)CCC(C)CC1. The van der Waals surface area contributed by atoms with Gasteiger partial charge in [0.15, 0.2) is 0 Å². The largest absolute Gasteiger partial charge is 0.398 e. The lowest BCUT2D eigenvalue weighted by molar-refractivity contribution is -0.0883. The molecule has 1 heterocycles. The summed E-state index contributed by atoms with van der Waals surface area (Å²) >= 11 is 0. The van der Waals surface area contributed by atoms with Crippen LogP contribution in [-0.4, -0.2) is 23.2 Å². The van der Waals surface area contributed by atoms with Crippen LogP contribution in [0.1, 0.15) is 45.1 Å². The van der Waals surface area contributed by atoms with Crippen LogP contribution in [0, 0.1) is 5.92 Å². The number of nitrogens with two attached hydrogens (primary N) is 2. The van der Waals surface area contributed by atoms with Gasteiger partial charge < -0.3 is 16.2 Å². The molecule has 0 bridgehead atoms. The van der Waals surface area contributed by atoms with Crippen molar-refractivity contribution in [2.75, 3.05) is 12.3 Å². The Hall–Kier alpha value is -1.13. The zero-order valence-corrected chi connectivity index (χ0v) is 12.6. The summed E-state index contributed by atoms with van der Waals surface area (Å²) in [5.41, 5.74) is 14.1. The third-order valence-corrected chi connectivity index (χ3v) is 4.61. The first kappa shape index (κ1) is 15.3. The van der Waals surface area contributed by atoms with Crippen LogP contribution in [0.4, 0.5) is 5.69 Å². The summed E-state index contributed by atoms with van der Waals surface area (Å²) in [6, 6.07) is 1.81. The number of hydrogen-bond acceptors (Lipinski definition) is 4. The van der Waals surface area contributed by atoms with Crippen molar-refractivity contribution in [3.8, 4) is 0 Å². The quantitative estimate of drug-likeness (QED) is 0.867. The van der Waals surface area contributed by atoms with Gasteiger partial charge >= 0.3 is 0 Å². The highest BCUT2D eigenvalue weighted by Gasteiger charge is 2.40. The van der Waals surface area contributed by atoms with Crippen molar-refractivity contribution < 1.29 is 4.74 Å². The van der Waals surface area contributed by atoms with Gasteiger partial charge in [0, 0.05) is 30.7 Å². The third kappa shape index (κ3) is 3.30. The van der Waals surface area contributed by atoms with E-state index in [0.717, 1.165) is 36.4 Å². The lowest BCUT2D eigenvalue weighted by atomic mass is 9.74. The topological polar surface area (TPSA) is 74.2 Å². The highest BCUT2D eigenvalue weighted by Crippen LogP contribution is 2.37. The molecule has 0 aromatic carbocycles. The van der Waals surface area contributed by atoms with Gasteiger partial charge in [-0.05, 0) is 56.6 Å². The van der Waals surface area contributed by atoms with Gasteiger partial charge in [0.25, 0.3) is 0 Å². The van der Waals surface area contributed by atoms with Crippen molar-refractivity contribution >= 4 is 5.69 Å². The Morgan fingerprint density at radius 1 is 1.45 bits per heavy atom. The maximum Gasteiger partial charge on any atom is 0.0835 e. The highest BCUT2D eigenvalue weighted by atomic mass is 16.5. The smallest absolute Gasteiger partial charge is 0.0835 e. The number of nitrogens with zero attached hydrogens (tertiary/aromatic N) is 1. The fraction of sp³-hybridized carbons (Fsp3) is 0.688. The average Bonchev–Trinajstić information content (AvgIpc) is 2.44. The molecule has 112 valence electrons. The molecule has 2 rings (SSSR count). The summed E-state index contributed by atoms with van der Waals surface area (Å²) in [4.78, 5) is 4.15. The molecule has 0 amide bonds. The summed E-state index contributed by atoms with van der Waals surface area (Å²) in [6.07, 6.45) is 8.73. The van der Waals surface area contributed by atoms with Crippen LogP contribution in [0.25, 0.3) is 0 Å². The zero-order chi connectivity index (χ0) is 14.6. The Bertz CT molecular complexity index is 427. The van der Waals surface area contributed by atoms with E-state index in [4.69, 9.17) is 16.2 Å². The minimum atomic E-state index is -0.191. The molecule has 1 saturated carbocycles. The molecular weight excluding hydrogens is 250 g/mol. The summed E-state index contributed by atoms with van der Waals surface area (Å²) in [7, 11) is 0. The van der Waals surface area contributed by atoms with E-state index < -0.39 is 0 Å². The Morgan fingerprint density at radius 2 is 2.15 bits per heavy atom. The van der Waals surface area contributed by atoms with Gasteiger partial charge in [-0.15, -0.1) is 0 Å². The first-order valence-electron chi connectivity index (χ1n) is 7.65. The summed E-state index contributed by atoms with van der Waals surface area (Å²) in [5, 5.41) is 0. The normalized spacial score (nSPS) is 28.2. The van der Waals surface area contributed by atoms with Crippen LogP contribution in [0.2, 0.25) is 0 Å². The van der Waals surface area contributed by atoms with Gasteiger partial charge in [-0.1, -0.05) is 6.92 Å². The lowest BCUT2D eigenvalue weighted by Crippen LogP contribution is -2.53. The molecular formula is C16H27N3O. The number of pyridine rings is 1. The van der Waals surface area contributed by atoms with Crippen LogP contribution >= 0.6 is 0 Å². The predicted octanol–water partition coefficient (Wildman–Crippen LogP) is 2.52. The van der Waals surface area contributed by atoms with E-state index in [0.29, 0.717) is 6.61 Å². The number of rotatable bonds is 5. The van der Waals surface area contributed by atoms with E-state index in [1.807, 2.05) is 19.2 Å². The molecule has 0 aliphatic heterocycles. The van der Waals surface area contributed by atoms with Crippen LogP contribution in [-0.2, 0) is 11.2 Å². The maximum absolute atomic E-state index is 6.51. The molecule has 0 radical (unpaired) electrons. The van der Waals surface area contributed by atoms with Crippen LogP contribution in [0.15, 0.2) is 18.5 Å². The number of anilines is 1. The summed E-state index contributed by atoms with van der Waals surface area (Å²) in [5.74, 6) is 0.777. The van der Waals surface area contributed by atoms with Crippen molar-refractivity contribution in [1.29, 1.82) is 0 Å². The molecule has 1 aliphatic rings. The van der Waals surface area contributed by atoms with E-state index in [-0.39, 0.29) is 11.6 Å². The molecule has 1 aliphatic carbocycles. The van der Waals surface area contributed by atoms with Crippen molar-refractivity contribution in [2.24, 2.45) is 11.7 Å². The molecule has 4 heteroatoms. The van der Waals surface area contributed by atoms with Gasteiger partial charge in [0.1, 0.15) is 0 Å². The van der Waals surface area contributed by atoms with Gasteiger partial charge in [-0.2, -0.15) is 0 Å². The summed E-state index contributed by atoms with van der Waals surface area (Å²) in [6.45, 7) is 5.07. The number of aromatic nitrogens is 1. The fourth-order valence-corrected chi connectivity index (χ4v) is 3.19. The van der Waals surface area contributed by atoms with Gasteiger partial charge in [0.2, 0.25) is 0 Å². The Morgan fingerprint density at radius 3 is 2.75 bits per heavy atom. The highest BCUT2D eigenvalue weighted by molar-refractivity contribution is 5.44. The fourth-order valence-electron chi connectivity index (χ4n) is 3.19. The minimum Gasteiger partial charge on any atom is -0.398 e. The first-order valence-corrected chi connectivity index (χ1v) is 7.65. The summed E-state index contributed by atoms with van der Waals surface area (Å²) < 4.78 is 6.11. The van der Waals surface area contributed by atoms with Crippen LogP contribution in [0.3, 0.4) is 0 Å². The molecule has 1 unspecified atom stereocenters. The Balaban J connectivity index is 2.11. The minimum absolute atomic E-state index is 0.0264. The standard InChI is InChI=1S/C16H27N3O/c1-3-20-16(7-4-12(2)5-8-16)15(18)10-13-11-19-9-6-14(13)17/h6,9,11-12,15H,3-5,7-8,10,18H2,1-2H3,(H2,17,19). The monoisotopic (exact) mass is 277 g/mol. The molecule has 4 N–H and O–H groups in total. The second-order valence-electron chi connectivity index (χ2n) is 6.07. The number of hydrogen-bond donors (Lipinski definition) is 2. The molecule has 0 saturated heterocycles. The van der Waals surface area contributed by atoms with Crippen molar-refractivity contribution in [3.05, 3.63) is 24.0 Å². The van der Waals surface area contributed by atoms with Crippen molar-refractivity contribution in [1.82, 2.24) is 4.98 Å². The lowest BCUT2D eigenvalue weighted by Gasteiger charge is -2.43. The Labute approximate surface area is 121 Å². The zero-order valence-electron chi connectivity index (χ0n) is 12.6. The van der Waals surface area contributed by atoms with Gasteiger partial charge in [-0.3, -0.25) is 4.98 Å². The van der Waals surface area contributed by atoms with Gasteiger partial charge in [-0.25, -0.2) is 0 Å². The molecule has 1 fully saturated rings. The first-order chi connectivity index (χ1) is 9.57. The van der Waals surface area contributed by atoms with Crippen LogP contribution in [0.5, 0.6) is 0 Å². The van der Waals surface area contributed by atoms with Crippen molar-refractivity contribution in [3.63, 3.8) is 0 Å². The van der Waals surface area contributed by atoms with Crippen molar-refractivity contribution in [2.45, 2.75) is 57.6 Å². The molecule has 1 aromatic rings.